The number of anilines is 1. The summed E-state index contributed by atoms with van der Waals surface area (Å²) in [6.07, 6.45) is 0.195. The third-order valence-electron chi connectivity index (χ3n) is 8.15. The van der Waals surface area contributed by atoms with E-state index in [4.69, 9.17) is 21.3 Å². The van der Waals surface area contributed by atoms with Crippen LogP contribution in [-0.2, 0) is 14.3 Å². The molecule has 3 fully saturated rings. The van der Waals surface area contributed by atoms with Crippen LogP contribution in [-0.4, -0.2) is 102 Å². The molecule has 0 radical (unpaired) electrons. The van der Waals surface area contributed by atoms with E-state index in [1.807, 2.05) is 26.0 Å². The van der Waals surface area contributed by atoms with Gasteiger partial charge in [0.1, 0.15) is 24.8 Å². The SMILES string of the molecule is CCC(C)C(NC(=O)c1ccc(-c2nc(N3CCN(C)CC3)sc2C)cc1)C(=O)N1CC(Cl)C2OCC(=O)C21. The van der Waals surface area contributed by atoms with Crippen LogP contribution < -0.4 is 10.2 Å². The van der Waals surface area contributed by atoms with E-state index in [2.05, 4.69) is 29.1 Å². The number of nitrogens with one attached hydrogen (secondary N) is 1. The Morgan fingerprint density at radius 2 is 1.90 bits per heavy atom. The molecule has 1 aromatic carbocycles. The largest absolute Gasteiger partial charge is 0.366 e. The number of carbonyl (C=O) groups excluding carboxylic acids is 3. The Morgan fingerprint density at radius 1 is 1.21 bits per heavy atom. The second-order valence-electron chi connectivity index (χ2n) is 10.8. The lowest BCUT2D eigenvalue weighted by atomic mass is 9.96. The molecule has 5 atom stereocenters. The number of likely N-dealkylation sites (N-methyl/N-ethyl adjacent to an activating group) is 1. The average molecular weight is 574 g/mol. The van der Waals surface area contributed by atoms with Crippen molar-refractivity contribution >= 4 is 45.7 Å². The van der Waals surface area contributed by atoms with Crippen LogP contribution in [0.2, 0.25) is 0 Å². The number of carbonyl (C=O) groups is 3. The third-order valence-corrected chi connectivity index (χ3v) is 9.57. The lowest BCUT2D eigenvalue weighted by molar-refractivity contribution is -0.139. The molecule has 0 saturated carbocycles. The van der Waals surface area contributed by atoms with Gasteiger partial charge in [0.15, 0.2) is 10.9 Å². The molecular formula is C28H36ClN5O4S. The topological polar surface area (TPSA) is 95.1 Å². The number of fused-ring (bicyclic) bond motifs is 1. The quantitative estimate of drug-likeness (QED) is 0.509. The second-order valence-corrected chi connectivity index (χ2v) is 12.5. The summed E-state index contributed by atoms with van der Waals surface area (Å²) >= 11 is 8.09. The number of Topliss-reactive ketones (excluding diaryl/α,β-unsaturated/α-hetero) is 1. The number of aromatic nitrogens is 1. The van der Waals surface area contributed by atoms with Crippen LogP contribution in [0.4, 0.5) is 5.13 Å². The van der Waals surface area contributed by atoms with Crippen LogP contribution in [0.5, 0.6) is 0 Å². The normalized spacial score (nSPS) is 25.1. The predicted molar refractivity (Wildman–Crippen MR) is 153 cm³/mol. The van der Waals surface area contributed by atoms with Crippen LogP contribution in [0, 0.1) is 12.8 Å². The smallest absolute Gasteiger partial charge is 0.251 e. The standard InChI is InChI=1S/C28H36ClN5O4S/c1-5-16(2)22(27(37)34-14-20(29)25-24(34)21(35)15-38-25)30-26(36)19-8-6-18(7-9-19)23-17(3)39-28(31-23)33-12-10-32(4)11-13-33/h6-9,16,20,22,24-25H,5,10-15H2,1-4H3,(H,30,36). The molecule has 2 amide bonds. The summed E-state index contributed by atoms with van der Waals surface area (Å²) in [4.78, 5) is 51.5. The van der Waals surface area contributed by atoms with Crippen molar-refractivity contribution in [1.29, 1.82) is 0 Å². The first kappa shape index (κ1) is 28.0. The maximum absolute atomic E-state index is 13.6. The number of piperazine rings is 1. The highest BCUT2D eigenvalue weighted by Crippen LogP contribution is 2.34. The number of hydrogen-bond donors (Lipinski definition) is 1. The molecule has 0 spiro atoms. The minimum atomic E-state index is -0.773. The number of ketones is 1. The number of amides is 2. The van der Waals surface area contributed by atoms with Gasteiger partial charge in [-0.1, -0.05) is 32.4 Å². The van der Waals surface area contributed by atoms with Gasteiger partial charge in [0, 0.05) is 48.7 Å². The zero-order chi connectivity index (χ0) is 27.8. The van der Waals surface area contributed by atoms with Crippen LogP contribution >= 0.6 is 22.9 Å². The number of rotatable bonds is 7. The van der Waals surface area contributed by atoms with Gasteiger partial charge in [-0.05, 0) is 32.0 Å². The van der Waals surface area contributed by atoms with Crippen molar-refractivity contribution in [2.45, 2.75) is 50.8 Å². The Bertz CT molecular complexity index is 1230. The van der Waals surface area contributed by atoms with Crippen LogP contribution in [0.3, 0.4) is 0 Å². The van der Waals surface area contributed by atoms with Gasteiger partial charge >= 0.3 is 0 Å². The highest BCUT2D eigenvalue weighted by Gasteiger charge is 2.53. The van der Waals surface area contributed by atoms with Crippen LogP contribution in [0.25, 0.3) is 11.3 Å². The monoisotopic (exact) mass is 573 g/mol. The molecule has 4 heterocycles. The summed E-state index contributed by atoms with van der Waals surface area (Å²) < 4.78 is 5.52. The zero-order valence-electron chi connectivity index (χ0n) is 22.9. The van der Waals surface area contributed by atoms with E-state index < -0.39 is 23.6 Å². The predicted octanol–water partition coefficient (Wildman–Crippen LogP) is 2.80. The first-order chi connectivity index (χ1) is 18.7. The summed E-state index contributed by atoms with van der Waals surface area (Å²) in [5, 5.41) is 3.52. The summed E-state index contributed by atoms with van der Waals surface area (Å²) in [6, 6.07) is 5.90. The molecule has 5 rings (SSSR count). The van der Waals surface area contributed by atoms with Crippen molar-refractivity contribution in [1.82, 2.24) is 20.1 Å². The Kier molecular flexibility index (Phi) is 8.28. The molecule has 9 nitrogen and oxygen atoms in total. The molecule has 3 saturated heterocycles. The number of thiazole rings is 1. The van der Waals surface area contributed by atoms with Crippen molar-refractivity contribution in [3.05, 3.63) is 34.7 Å². The van der Waals surface area contributed by atoms with Gasteiger partial charge in [-0.15, -0.1) is 22.9 Å². The van der Waals surface area contributed by atoms with E-state index in [9.17, 15) is 14.4 Å². The van der Waals surface area contributed by atoms with E-state index in [0.717, 1.165) is 47.4 Å². The molecule has 210 valence electrons. The lowest BCUT2D eigenvalue weighted by Gasteiger charge is -2.32. The zero-order valence-corrected chi connectivity index (χ0v) is 24.4. The lowest BCUT2D eigenvalue weighted by Crippen LogP contribution is -2.54. The van der Waals surface area contributed by atoms with Gasteiger partial charge in [-0.2, -0.15) is 0 Å². The number of likely N-dealkylation sites (tertiary alicyclic amines) is 1. The maximum Gasteiger partial charge on any atom is 0.251 e. The number of aryl methyl sites for hydroxylation is 1. The van der Waals surface area contributed by atoms with E-state index in [-0.39, 0.29) is 36.7 Å². The number of alkyl halides is 1. The van der Waals surface area contributed by atoms with Crippen molar-refractivity contribution in [2.75, 3.05) is 51.3 Å². The maximum atomic E-state index is 13.6. The Labute approximate surface area is 238 Å². The summed E-state index contributed by atoms with van der Waals surface area (Å²) in [5.74, 6) is -0.896. The second kappa shape index (κ2) is 11.5. The minimum absolute atomic E-state index is 0.0373. The Balaban J connectivity index is 1.29. The molecular weight excluding hydrogens is 538 g/mol. The fourth-order valence-corrected chi connectivity index (χ4v) is 6.81. The molecule has 1 N–H and O–H groups in total. The minimum Gasteiger partial charge on any atom is -0.366 e. The fourth-order valence-electron chi connectivity index (χ4n) is 5.47. The molecule has 11 heteroatoms. The molecule has 3 aliphatic rings. The van der Waals surface area contributed by atoms with E-state index in [1.165, 1.54) is 4.90 Å². The molecule has 5 unspecified atom stereocenters. The summed E-state index contributed by atoms with van der Waals surface area (Å²) in [5.41, 5.74) is 2.34. The first-order valence-electron chi connectivity index (χ1n) is 13.6. The number of benzene rings is 1. The van der Waals surface area contributed by atoms with E-state index >= 15 is 0 Å². The van der Waals surface area contributed by atoms with Gasteiger partial charge in [0.25, 0.3) is 5.91 Å². The summed E-state index contributed by atoms with van der Waals surface area (Å²) in [6.45, 7) is 10.1. The highest BCUT2D eigenvalue weighted by atomic mass is 35.5. The van der Waals surface area contributed by atoms with E-state index in [1.54, 1.807) is 23.5 Å². The van der Waals surface area contributed by atoms with Crippen molar-refractivity contribution in [2.24, 2.45) is 5.92 Å². The van der Waals surface area contributed by atoms with Gasteiger partial charge in [0.05, 0.1) is 11.1 Å². The molecule has 2 aromatic rings. The van der Waals surface area contributed by atoms with Crippen LogP contribution in [0.1, 0.15) is 35.5 Å². The third kappa shape index (κ3) is 5.57. The fraction of sp³-hybridized carbons (Fsp3) is 0.571. The number of halogens is 1. The number of nitrogens with zero attached hydrogens (tertiary/aromatic N) is 4. The molecule has 3 aliphatic heterocycles. The van der Waals surface area contributed by atoms with E-state index in [0.29, 0.717) is 12.0 Å². The van der Waals surface area contributed by atoms with Crippen LogP contribution in [0.15, 0.2) is 24.3 Å². The highest BCUT2D eigenvalue weighted by molar-refractivity contribution is 7.16. The van der Waals surface area contributed by atoms with Crippen molar-refractivity contribution in [3.63, 3.8) is 0 Å². The number of ether oxygens (including phenoxy) is 1. The van der Waals surface area contributed by atoms with Gasteiger partial charge in [0.2, 0.25) is 5.91 Å². The average Bonchev–Trinajstić information content (AvgIpc) is 3.62. The summed E-state index contributed by atoms with van der Waals surface area (Å²) in [7, 11) is 2.14. The van der Waals surface area contributed by atoms with Gasteiger partial charge < -0.3 is 24.8 Å². The molecule has 39 heavy (non-hydrogen) atoms. The van der Waals surface area contributed by atoms with Crippen molar-refractivity contribution in [3.8, 4) is 11.3 Å². The first-order valence-corrected chi connectivity index (χ1v) is 14.8. The molecule has 0 bridgehead atoms. The number of hydrogen-bond acceptors (Lipinski definition) is 8. The molecule has 1 aromatic heterocycles. The molecule has 0 aliphatic carbocycles. The van der Waals surface area contributed by atoms with Gasteiger partial charge in [-0.25, -0.2) is 4.98 Å². The van der Waals surface area contributed by atoms with Gasteiger partial charge in [-0.3, -0.25) is 14.4 Å². The Hall–Kier alpha value is -2.53. The Morgan fingerprint density at radius 3 is 2.56 bits per heavy atom. The van der Waals surface area contributed by atoms with Crippen molar-refractivity contribution < 1.29 is 19.1 Å².